The number of aromatic nitrogens is 9. The van der Waals surface area contributed by atoms with Crippen molar-refractivity contribution in [2.24, 2.45) is 0 Å². The first-order valence-corrected chi connectivity index (χ1v) is 33.9. The minimum Gasteiger partial charge on any atom is -0.496 e. The number of thioether (sulfide) groups is 6. The molecule has 21 heteroatoms. The van der Waals surface area contributed by atoms with Crippen molar-refractivity contribution < 1.29 is 14.2 Å². The van der Waals surface area contributed by atoms with E-state index in [1.54, 1.807) is 91.9 Å². The first kappa shape index (κ1) is 64.2. The molecule has 12 bridgehead atoms. The molecular formula is C60H84N12O3S6. The molecule has 1 aliphatic rings. The monoisotopic (exact) mass is 1210 g/mol. The average molecular weight is 1210 g/mol. The van der Waals surface area contributed by atoms with Crippen molar-refractivity contribution in [2.75, 3.05) is 75.3 Å². The summed E-state index contributed by atoms with van der Waals surface area (Å²) in [7, 11) is 5.29. The van der Waals surface area contributed by atoms with Crippen LogP contribution in [0.25, 0.3) is 0 Å². The normalized spacial score (nSPS) is 14.0. The minimum atomic E-state index is -0.139. The fourth-order valence-corrected chi connectivity index (χ4v) is 14.1. The number of ether oxygens (including phenoxy) is 3. The Morgan fingerprint density at radius 1 is 0.321 bits per heavy atom. The zero-order valence-electron chi connectivity index (χ0n) is 51.0. The summed E-state index contributed by atoms with van der Waals surface area (Å²) in [6.45, 7) is 37.6. The van der Waals surface area contributed by atoms with E-state index in [2.05, 4.69) is 155 Å². The van der Waals surface area contributed by atoms with Crippen molar-refractivity contribution in [3.8, 4) is 17.2 Å². The van der Waals surface area contributed by atoms with Crippen molar-refractivity contribution >= 4 is 88.4 Å². The van der Waals surface area contributed by atoms with Gasteiger partial charge in [0.2, 0.25) is 17.8 Å². The molecule has 438 valence electrons. The molecule has 1 aliphatic heterocycles. The second kappa shape index (κ2) is 28.4. The molecule has 4 heterocycles. The molecule has 0 saturated heterocycles. The molecule has 3 aromatic heterocycles. The highest BCUT2D eigenvalue weighted by Crippen LogP contribution is 2.43. The third kappa shape index (κ3) is 16.5. The maximum Gasteiger partial charge on any atom is 0.230 e. The van der Waals surface area contributed by atoms with Gasteiger partial charge in [-0.1, -0.05) is 169 Å². The van der Waals surface area contributed by atoms with E-state index in [-0.39, 0.29) is 16.2 Å². The van der Waals surface area contributed by atoms with Gasteiger partial charge in [0, 0.05) is 107 Å². The van der Waals surface area contributed by atoms with Crippen LogP contribution in [0.15, 0.2) is 67.3 Å². The van der Waals surface area contributed by atoms with Crippen LogP contribution in [-0.4, -0.2) is 105 Å². The molecule has 0 fully saturated rings. The smallest absolute Gasteiger partial charge is 0.230 e. The lowest BCUT2D eigenvalue weighted by atomic mass is 9.85. The Labute approximate surface area is 508 Å². The third-order valence-electron chi connectivity index (χ3n) is 14.0. The summed E-state index contributed by atoms with van der Waals surface area (Å²) in [5.41, 5.74) is 9.61. The van der Waals surface area contributed by atoms with Gasteiger partial charge in [0.05, 0.1) is 21.3 Å². The first-order chi connectivity index (χ1) is 38.6. The minimum absolute atomic E-state index is 0.139. The Hall–Kier alpha value is -4.41. The predicted molar refractivity (Wildman–Crippen MR) is 343 cm³/mol. The third-order valence-corrected chi connectivity index (χ3v) is 19.3. The van der Waals surface area contributed by atoms with Gasteiger partial charge in [-0.15, -0.1) is 0 Å². The molecule has 0 N–H and O–H groups in total. The molecule has 0 atom stereocenters. The van der Waals surface area contributed by atoms with Crippen LogP contribution in [0.2, 0.25) is 0 Å². The SMILES string of the molecule is CCN(CC)c1nc2nc(n1)SCc1cc(C(C)(C)C)cc(c1OC)CSc1nc(nc(N(CC)CC)n1)SCc1cc(C(C)(C)C)cc(c1OC)CSc1nc(nc(N(CC)CC)n1)SCc1cc(C(C)(C)C)cc(c1OC)CS2. The van der Waals surface area contributed by atoms with Crippen LogP contribution in [0.4, 0.5) is 17.8 Å². The summed E-state index contributed by atoms with van der Waals surface area (Å²) in [5, 5.41) is 3.90. The van der Waals surface area contributed by atoms with Gasteiger partial charge in [-0.2, -0.15) is 44.9 Å². The van der Waals surface area contributed by atoms with E-state index < -0.39 is 0 Å². The van der Waals surface area contributed by atoms with Gasteiger partial charge in [-0.25, -0.2) is 0 Å². The van der Waals surface area contributed by atoms with Crippen LogP contribution in [0, 0.1) is 0 Å². The van der Waals surface area contributed by atoms with E-state index in [0.717, 1.165) is 89.9 Å². The van der Waals surface area contributed by atoms with Crippen molar-refractivity contribution in [3.05, 3.63) is 86.5 Å². The molecule has 0 spiro atoms. The quantitative estimate of drug-likeness (QED) is 0.114. The number of hydrogen-bond donors (Lipinski definition) is 0. The van der Waals surface area contributed by atoms with Gasteiger partial charge in [0.1, 0.15) is 17.2 Å². The summed E-state index contributed by atoms with van der Waals surface area (Å²) in [6.07, 6.45) is 0. The van der Waals surface area contributed by atoms with Gasteiger partial charge >= 0.3 is 0 Å². The van der Waals surface area contributed by atoms with Gasteiger partial charge in [0.25, 0.3) is 0 Å². The lowest BCUT2D eigenvalue weighted by Crippen LogP contribution is -2.24. The summed E-state index contributed by atoms with van der Waals surface area (Å²) in [6, 6.07) is 13.7. The van der Waals surface area contributed by atoms with E-state index in [4.69, 9.17) is 59.1 Å². The zero-order chi connectivity index (χ0) is 58.8. The topological polar surface area (TPSA) is 153 Å². The van der Waals surface area contributed by atoms with Crippen molar-refractivity contribution in [3.63, 3.8) is 0 Å². The Kier molecular flexibility index (Phi) is 22.5. The summed E-state index contributed by atoms with van der Waals surface area (Å²) in [4.78, 5) is 52.5. The molecular weight excluding hydrogens is 1130 g/mol. The van der Waals surface area contributed by atoms with Crippen molar-refractivity contribution in [1.29, 1.82) is 0 Å². The summed E-state index contributed by atoms with van der Waals surface area (Å²) in [5.74, 6) is 7.96. The fourth-order valence-electron chi connectivity index (χ4n) is 9.16. The van der Waals surface area contributed by atoms with E-state index in [1.165, 1.54) is 16.7 Å². The number of benzene rings is 3. The molecule has 6 aromatic rings. The Balaban J connectivity index is 1.40. The highest BCUT2D eigenvalue weighted by molar-refractivity contribution is 7.99. The molecule has 0 aliphatic carbocycles. The summed E-state index contributed by atoms with van der Waals surface area (Å²) < 4.78 is 19.1. The number of anilines is 3. The Bertz CT molecular complexity index is 2630. The molecule has 0 radical (unpaired) electrons. The predicted octanol–water partition coefficient (Wildman–Crippen LogP) is 14.8. The standard InChI is InChI=1S/C60H84N12O3S6/c1-19-70(20-2)49-61-52-67-53(62-49)77-32-38-26-44(59(10,11)12)28-40(47(38)74-17)34-79-55-64-51(72(23-5)24-6)66-57(69-55)81-36-42-30-45(60(13,14)15)29-41(48(42)75-18)35-80-56-65-50(71(21-3)22-4)63-54(68-56)78-33-39-27-43(58(7,8)9)25-37(31-76-52)46(39)73-16/h25-30H,19-24,31-36H2,1-18H3. The van der Waals surface area contributed by atoms with Crippen molar-refractivity contribution in [2.45, 2.75) is 186 Å². The maximum atomic E-state index is 6.35. The van der Waals surface area contributed by atoms with Crippen LogP contribution in [0.3, 0.4) is 0 Å². The Morgan fingerprint density at radius 3 is 0.630 bits per heavy atom. The zero-order valence-corrected chi connectivity index (χ0v) is 55.9. The Morgan fingerprint density at radius 2 is 0.494 bits per heavy atom. The summed E-state index contributed by atoms with van der Waals surface area (Å²) >= 11 is 9.59. The van der Waals surface area contributed by atoms with Crippen molar-refractivity contribution in [1.82, 2.24) is 44.9 Å². The van der Waals surface area contributed by atoms with Gasteiger partial charge in [-0.3, -0.25) is 0 Å². The van der Waals surface area contributed by atoms with Crippen LogP contribution >= 0.6 is 70.6 Å². The molecule has 0 unspecified atom stereocenters. The molecule has 0 saturated carbocycles. The second-order valence-corrected chi connectivity index (χ2v) is 28.2. The largest absolute Gasteiger partial charge is 0.496 e. The van der Waals surface area contributed by atoms with Gasteiger partial charge in [0.15, 0.2) is 30.9 Å². The number of rotatable bonds is 12. The van der Waals surface area contributed by atoms with Crippen LogP contribution in [0.1, 0.15) is 154 Å². The average Bonchev–Trinajstić information content (AvgIpc) is 3.48. The van der Waals surface area contributed by atoms with Gasteiger partial charge < -0.3 is 28.9 Å². The number of nitrogens with zero attached hydrogens (tertiary/aromatic N) is 12. The van der Waals surface area contributed by atoms with E-state index in [0.29, 0.717) is 83.3 Å². The number of hydrogen-bond acceptors (Lipinski definition) is 21. The lowest BCUT2D eigenvalue weighted by Gasteiger charge is -2.24. The van der Waals surface area contributed by atoms with E-state index in [1.807, 2.05) is 0 Å². The van der Waals surface area contributed by atoms with Crippen LogP contribution in [-0.2, 0) is 50.8 Å². The number of methoxy groups -OCH3 is 3. The van der Waals surface area contributed by atoms with Gasteiger partial charge in [-0.05, 0) is 74.5 Å². The highest BCUT2D eigenvalue weighted by Gasteiger charge is 2.26. The molecule has 81 heavy (non-hydrogen) atoms. The maximum absolute atomic E-state index is 6.35. The fraction of sp³-hybridized carbons (Fsp3) is 0.550. The molecule has 15 nitrogen and oxygen atoms in total. The molecule has 0 amide bonds. The lowest BCUT2D eigenvalue weighted by molar-refractivity contribution is 0.407. The van der Waals surface area contributed by atoms with Crippen LogP contribution < -0.4 is 28.9 Å². The highest BCUT2D eigenvalue weighted by atomic mass is 32.2. The van der Waals surface area contributed by atoms with Crippen LogP contribution in [0.5, 0.6) is 17.2 Å². The van der Waals surface area contributed by atoms with E-state index in [9.17, 15) is 0 Å². The number of fused-ring (bicyclic) bond motifs is 12. The first-order valence-electron chi connectivity index (χ1n) is 28.0. The second-order valence-electron chi connectivity index (χ2n) is 22.6. The molecule has 3 aromatic carbocycles. The van der Waals surface area contributed by atoms with E-state index >= 15 is 0 Å². The molecule has 7 rings (SSSR count).